The van der Waals surface area contributed by atoms with Crippen molar-refractivity contribution >= 4 is 10.0 Å². The van der Waals surface area contributed by atoms with Crippen LogP contribution >= 0.6 is 0 Å². The molecule has 20 heavy (non-hydrogen) atoms. The molecule has 1 atom stereocenters. The first-order chi connectivity index (χ1) is 9.09. The summed E-state index contributed by atoms with van der Waals surface area (Å²) in [7, 11) is -2.60. The molecule has 0 heterocycles. The molecule has 8 heteroatoms. The molecule has 1 N–H and O–H groups in total. The van der Waals surface area contributed by atoms with Crippen molar-refractivity contribution in [1.29, 1.82) is 0 Å². The predicted octanol–water partition coefficient (Wildman–Crippen LogP) is 2.33. The van der Waals surface area contributed by atoms with E-state index in [0.717, 1.165) is 25.1 Å². The van der Waals surface area contributed by atoms with Crippen LogP contribution < -0.4 is 4.72 Å². The number of halogens is 3. The van der Waals surface area contributed by atoms with Crippen LogP contribution in [0.25, 0.3) is 0 Å². The van der Waals surface area contributed by atoms with E-state index in [-0.39, 0.29) is 23.1 Å². The maximum Gasteiger partial charge on any atom is 0.416 e. The van der Waals surface area contributed by atoms with Crippen molar-refractivity contribution in [2.75, 3.05) is 13.7 Å². The average Bonchev–Trinajstić information content (AvgIpc) is 2.34. The summed E-state index contributed by atoms with van der Waals surface area (Å²) in [5, 5.41) is 0. The summed E-state index contributed by atoms with van der Waals surface area (Å²) in [4.78, 5) is -0.379. The van der Waals surface area contributed by atoms with Gasteiger partial charge in [-0.1, -0.05) is 6.07 Å². The van der Waals surface area contributed by atoms with Gasteiger partial charge in [0.15, 0.2) is 0 Å². The van der Waals surface area contributed by atoms with Gasteiger partial charge in [-0.2, -0.15) is 13.2 Å². The Morgan fingerprint density at radius 1 is 1.35 bits per heavy atom. The number of benzene rings is 1. The zero-order valence-corrected chi connectivity index (χ0v) is 12.1. The van der Waals surface area contributed by atoms with Gasteiger partial charge in [0.25, 0.3) is 0 Å². The van der Waals surface area contributed by atoms with Gasteiger partial charge in [-0.25, -0.2) is 13.1 Å². The molecule has 1 aromatic carbocycles. The summed E-state index contributed by atoms with van der Waals surface area (Å²) in [5.41, 5.74) is -1.28. The third-order valence-corrected chi connectivity index (χ3v) is 4.41. The molecule has 0 fully saturated rings. The number of methoxy groups -OCH3 is 1. The molecule has 0 aliphatic carbocycles. The Kier molecular flexibility index (Phi) is 5.17. The number of hydrogen-bond acceptors (Lipinski definition) is 3. The Balaban J connectivity index is 3.14. The van der Waals surface area contributed by atoms with Crippen LogP contribution in [-0.2, 0) is 20.9 Å². The van der Waals surface area contributed by atoms with Gasteiger partial charge in [0.2, 0.25) is 10.0 Å². The second-order valence-corrected chi connectivity index (χ2v) is 6.06. The van der Waals surface area contributed by atoms with Crippen molar-refractivity contribution in [2.24, 2.45) is 0 Å². The highest BCUT2D eigenvalue weighted by molar-refractivity contribution is 7.89. The molecule has 1 rings (SSSR count). The van der Waals surface area contributed by atoms with E-state index >= 15 is 0 Å². The van der Waals surface area contributed by atoms with Crippen molar-refractivity contribution in [3.05, 3.63) is 29.3 Å². The lowest BCUT2D eigenvalue weighted by molar-refractivity contribution is -0.138. The molecule has 0 saturated carbocycles. The highest BCUT2D eigenvalue weighted by Gasteiger charge is 2.34. The quantitative estimate of drug-likeness (QED) is 0.908. The van der Waals surface area contributed by atoms with E-state index in [1.165, 1.54) is 7.11 Å². The molecule has 1 aromatic rings. The summed E-state index contributed by atoms with van der Waals surface area (Å²) in [6.07, 6.45) is -4.97. The van der Waals surface area contributed by atoms with E-state index in [4.69, 9.17) is 4.74 Å². The van der Waals surface area contributed by atoms with Gasteiger partial charge < -0.3 is 4.74 Å². The Morgan fingerprint density at radius 3 is 2.45 bits per heavy atom. The van der Waals surface area contributed by atoms with Crippen LogP contribution in [0.15, 0.2) is 23.1 Å². The average molecular weight is 311 g/mol. The minimum atomic E-state index is -4.59. The minimum Gasteiger partial charge on any atom is -0.380 e. The monoisotopic (exact) mass is 311 g/mol. The van der Waals surface area contributed by atoms with E-state index in [2.05, 4.69) is 4.72 Å². The fourth-order valence-electron chi connectivity index (χ4n) is 1.60. The lowest BCUT2D eigenvalue weighted by Crippen LogP contribution is -2.32. The number of hydrogen-bond donors (Lipinski definition) is 1. The molecule has 0 amide bonds. The predicted molar refractivity (Wildman–Crippen MR) is 67.8 cm³/mol. The molecular formula is C12H16F3NO3S. The molecule has 0 radical (unpaired) electrons. The van der Waals surface area contributed by atoms with Crippen LogP contribution in [0.4, 0.5) is 13.2 Å². The molecule has 0 saturated heterocycles. The van der Waals surface area contributed by atoms with Gasteiger partial charge in [0.1, 0.15) is 0 Å². The van der Waals surface area contributed by atoms with Crippen LogP contribution in [0.3, 0.4) is 0 Å². The van der Waals surface area contributed by atoms with E-state index in [1.807, 2.05) is 0 Å². The van der Waals surface area contributed by atoms with Crippen molar-refractivity contribution in [3.63, 3.8) is 0 Å². The fraction of sp³-hybridized carbons (Fsp3) is 0.500. The summed E-state index contributed by atoms with van der Waals surface area (Å²) >= 11 is 0. The van der Waals surface area contributed by atoms with E-state index in [0.29, 0.717) is 0 Å². The first kappa shape index (κ1) is 16.9. The first-order valence-electron chi connectivity index (χ1n) is 5.79. The standard InChI is InChI=1S/C12H16F3NO3S/c1-8(19-3)7-16-20(17,18)11-6-4-5-10(9(11)2)12(13,14)15/h4-6,8,16H,7H2,1-3H3. The Labute approximate surface area is 116 Å². The van der Waals surface area contributed by atoms with Crippen molar-refractivity contribution in [1.82, 2.24) is 4.72 Å². The molecule has 0 bridgehead atoms. The Bertz CT molecular complexity index is 570. The Hall–Kier alpha value is -1.12. The minimum absolute atomic E-state index is 0.0193. The van der Waals surface area contributed by atoms with Gasteiger partial charge in [0.05, 0.1) is 16.6 Å². The molecule has 4 nitrogen and oxygen atoms in total. The molecule has 0 aliphatic rings. The number of alkyl halides is 3. The molecular weight excluding hydrogens is 295 g/mol. The summed E-state index contributed by atoms with van der Waals surface area (Å²) < 4.78 is 69.4. The maximum absolute atomic E-state index is 12.8. The van der Waals surface area contributed by atoms with Crippen molar-refractivity contribution in [2.45, 2.75) is 31.0 Å². The highest BCUT2D eigenvalue weighted by Crippen LogP contribution is 2.34. The molecule has 0 aromatic heterocycles. The van der Waals surface area contributed by atoms with Crippen LogP contribution in [0, 0.1) is 6.92 Å². The normalized spacial score (nSPS) is 14.3. The zero-order valence-electron chi connectivity index (χ0n) is 11.3. The third kappa shape index (κ3) is 3.94. The van der Waals surface area contributed by atoms with Gasteiger partial charge in [-0.05, 0) is 31.5 Å². The van der Waals surface area contributed by atoms with Crippen LogP contribution in [-0.4, -0.2) is 28.2 Å². The topological polar surface area (TPSA) is 55.4 Å². The number of nitrogens with one attached hydrogen (secondary N) is 1. The van der Waals surface area contributed by atoms with E-state index in [1.54, 1.807) is 6.92 Å². The van der Waals surface area contributed by atoms with Gasteiger partial charge in [-0.15, -0.1) is 0 Å². The van der Waals surface area contributed by atoms with Crippen molar-refractivity contribution in [3.8, 4) is 0 Å². The number of sulfonamides is 1. The Morgan fingerprint density at radius 2 is 1.95 bits per heavy atom. The molecule has 114 valence electrons. The first-order valence-corrected chi connectivity index (χ1v) is 7.27. The summed E-state index contributed by atoms with van der Waals surface area (Å²) in [6.45, 7) is 2.76. The zero-order chi connectivity index (χ0) is 15.6. The van der Waals surface area contributed by atoms with Crippen molar-refractivity contribution < 1.29 is 26.3 Å². The number of ether oxygens (including phenoxy) is 1. The lowest BCUT2D eigenvalue weighted by Gasteiger charge is -2.16. The molecule has 1 unspecified atom stereocenters. The summed E-state index contributed by atoms with van der Waals surface area (Å²) in [5.74, 6) is 0. The van der Waals surface area contributed by atoms with Gasteiger partial charge in [0, 0.05) is 13.7 Å². The molecule has 0 aliphatic heterocycles. The van der Waals surface area contributed by atoms with E-state index < -0.39 is 21.8 Å². The third-order valence-electron chi connectivity index (χ3n) is 2.84. The van der Waals surface area contributed by atoms with Gasteiger partial charge in [-0.3, -0.25) is 0 Å². The van der Waals surface area contributed by atoms with E-state index in [9.17, 15) is 21.6 Å². The van der Waals surface area contributed by atoms with Gasteiger partial charge >= 0.3 is 6.18 Å². The molecule has 0 spiro atoms. The summed E-state index contributed by atoms with van der Waals surface area (Å²) in [6, 6.07) is 3.07. The van der Waals surface area contributed by atoms with Crippen LogP contribution in [0.2, 0.25) is 0 Å². The fourth-order valence-corrected chi connectivity index (χ4v) is 2.98. The largest absolute Gasteiger partial charge is 0.416 e. The van der Waals surface area contributed by atoms with Crippen LogP contribution in [0.5, 0.6) is 0 Å². The maximum atomic E-state index is 12.8. The smallest absolute Gasteiger partial charge is 0.380 e. The highest BCUT2D eigenvalue weighted by atomic mass is 32.2. The second kappa shape index (κ2) is 6.11. The second-order valence-electron chi connectivity index (χ2n) is 4.32. The lowest BCUT2D eigenvalue weighted by atomic mass is 10.1. The van der Waals surface area contributed by atoms with Crippen LogP contribution in [0.1, 0.15) is 18.1 Å². The SMILES string of the molecule is COC(C)CNS(=O)(=O)c1cccc(C(F)(F)F)c1C. The number of rotatable bonds is 5.